The van der Waals surface area contributed by atoms with Gasteiger partial charge in [-0.1, -0.05) is 18.5 Å². The van der Waals surface area contributed by atoms with Gasteiger partial charge in [0.2, 0.25) is 0 Å². The summed E-state index contributed by atoms with van der Waals surface area (Å²) in [5.41, 5.74) is 1.49. The van der Waals surface area contributed by atoms with E-state index in [9.17, 15) is 0 Å². The van der Waals surface area contributed by atoms with Crippen molar-refractivity contribution in [2.75, 3.05) is 25.0 Å². The van der Waals surface area contributed by atoms with E-state index in [4.69, 9.17) is 16.9 Å². The van der Waals surface area contributed by atoms with Crippen molar-refractivity contribution in [1.82, 2.24) is 4.90 Å². The van der Waals surface area contributed by atoms with Crippen LogP contribution in [0, 0.1) is 11.3 Å². The number of benzene rings is 1. The molecular formula is C14H18ClN3. The average molecular weight is 264 g/mol. The molecule has 1 unspecified atom stereocenters. The second-order valence-corrected chi connectivity index (χ2v) is 5.04. The fourth-order valence-corrected chi connectivity index (χ4v) is 2.70. The third-order valence-corrected chi connectivity index (χ3v) is 3.77. The predicted molar refractivity (Wildman–Crippen MR) is 74.9 cm³/mol. The van der Waals surface area contributed by atoms with Crippen LogP contribution in [0.3, 0.4) is 0 Å². The first kappa shape index (κ1) is 13.2. The van der Waals surface area contributed by atoms with Crippen LogP contribution < -0.4 is 5.32 Å². The van der Waals surface area contributed by atoms with Crippen LogP contribution in [0.15, 0.2) is 18.2 Å². The van der Waals surface area contributed by atoms with Gasteiger partial charge in [-0.15, -0.1) is 0 Å². The first-order valence-corrected chi connectivity index (χ1v) is 6.80. The van der Waals surface area contributed by atoms with E-state index in [1.165, 1.54) is 19.4 Å². The quantitative estimate of drug-likeness (QED) is 0.907. The smallest absolute Gasteiger partial charge is 0.101 e. The molecule has 0 bridgehead atoms. The normalized spacial score (nSPS) is 19.7. The molecule has 1 aliphatic rings. The number of nitrogens with one attached hydrogen (secondary N) is 1. The third kappa shape index (κ3) is 2.95. The predicted octanol–water partition coefficient (Wildman–Crippen LogP) is 3.11. The molecule has 0 spiro atoms. The van der Waals surface area contributed by atoms with Crippen LogP contribution in [0.4, 0.5) is 5.69 Å². The number of rotatable bonds is 4. The lowest BCUT2D eigenvalue weighted by Gasteiger charge is -2.23. The molecule has 1 saturated heterocycles. The number of likely N-dealkylation sites (N-methyl/N-ethyl adjacent to an activating group) is 1. The molecule has 0 saturated carbocycles. The maximum absolute atomic E-state index is 9.06. The zero-order valence-corrected chi connectivity index (χ0v) is 11.4. The monoisotopic (exact) mass is 263 g/mol. The Morgan fingerprint density at radius 1 is 1.56 bits per heavy atom. The largest absolute Gasteiger partial charge is 0.382 e. The van der Waals surface area contributed by atoms with E-state index in [0.717, 1.165) is 18.8 Å². The van der Waals surface area contributed by atoms with Crippen molar-refractivity contribution in [1.29, 1.82) is 5.26 Å². The number of nitrogens with zero attached hydrogens (tertiary/aromatic N) is 2. The van der Waals surface area contributed by atoms with Crippen LogP contribution in [0.5, 0.6) is 0 Å². The van der Waals surface area contributed by atoms with Crippen molar-refractivity contribution in [2.24, 2.45) is 0 Å². The Morgan fingerprint density at radius 2 is 2.39 bits per heavy atom. The molecule has 96 valence electrons. The topological polar surface area (TPSA) is 39.1 Å². The van der Waals surface area contributed by atoms with Crippen molar-refractivity contribution < 1.29 is 0 Å². The number of nitriles is 1. The molecular weight excluding hydrogens is 246 g/mol. The van der Waals surface area contributed by atoms with E-state index in [-0.39, 0.29) is 0 Å². The minimum absolute atomic E-state index is 0.570. The number of anilines is 1. The lowest BCUT2D eigenvalue weighted by Crippen LogP contribution is -2.34. The van der Waals surface area contributed by atoms with Gasteiger partial charge in [-0.05, 0) is 44.1 Å². The Kier molecular flexibility index (Phi) is 4.46. The summed E-state index contributed by atoms with van der Waals surface area (Å²) >= 11 is 5.97. The highest BCUT2D eigenvalue weighted by molar-refractivity contribution is 6.30. The van der Waals surface area contributed by atoms with Gasteiger partial charge in [-0.3, -0.25) is 4.90 Å². The molecule has 0 radical (unpaired) electrons. The van der Waals surface area contributed by atoms with Crippen molar-refractivity contribution in [3.8, 4) is 6.07 Å². The molecule has 0 aliphatic carbocycles. The zero-order chi connectivity index (χ0) is 13.0. The van der Waals surface area contributed by atoms with Crippen molar-refractivity contribution >= 4 is 17.3 Å². The summed E-state index contributed by atoms with van der Waals surface area (Å²) in [4.78, 5) is 2.48. The summed E-state index contributed by atoms with van der Waals surface area (Å²) in [7, 11) is 0. The van der Waals surface area contributed by atoms with Crippen LogP contribution in [0.25, 0.3) is 0 Å². The molecule has 0 aromatic heterocycles. The van der Waals surface area contributed by atoms with E-state index in [2.05, 4.69) is 23.2 Å². The van der Waals surface area contributed by atoms with Crippen LogP contribution >= 0.6 is 11.6 Å². The molecule has 4 heteroatoms. The lowest BCUT2D eigenvalue weighted by atomic mass is 10.1. The summed E-state index contributed by atoms with van der Waals surface area (Å²) < 4.78 is 0. The number of hydrogen-bond donors (Lipinski definition) is 1. The molecule has 18 heavy (non-hydrogen) atoms. The highest BCUT2D eigenvalue weighted by Crippen LogP contribution is 2.22. The summed E-state index contributed by atoms with van der Waals surface area (Å²) in [5.74, 6) is 0. The molecule has 1 fully saturated rings. The minimum atomic E-state index is 0.570. The van der Waals surface area contributed by atoms with E-state index < -0.39 is 0 Å². The Bertz CT molecular complexity index is 453. The second kappa shape index (κ2) is 6.08. The molecule has 3 nitrogen and oxygen atoms in total. The Balaban J connectivity index is 2.02. The van der Waals surface area contributed by atoms with Gasteiger partial charge in [0.25, 0.3) is 0 Å². The van der Waals surface area contributed by atoms with Crippen LogP contribution in [-0.2, 0) is 0 Å². The second-order valence-electron chi connectivity index (χ2n) is 4.61. The van der Waals surface area contributed by atoms with Crippen molar-refractivity contribution in [3.63, 3.8) is 0 Å². The third-order valence-electron chi connectivity index (χ3n) is 3.54. The number of halogens is 1. The number of likely N-dealkylation sites (tertiary alicyclic amines) is 1. The summed E-state index contributed by atoms with van der Waals surface area (Å²) in [5, 5.41) is 13.1. The van der Waals surface area contributed by atoms with Crippen molar-refractivity contribution in [3.05, 3.63) is 28.8 Å². The maximum Gasteiger partial charge on any atom is 0.101 e. The molecule has 2 rings (SSSR count). The van der Waals surface area contributed by atoms with Crippen LogP contribution in [0.1, 0.15) is 25.3 Å². The SMILES string of the molecule is CCN1CCCC1CNc1cc(Cl)ccc1C#N. The van der Waals surface area contributed by atoms with E-state index >= 15 is 0 Å². The van der Waals surface area contributed by atoms with E-state index in [1.807, 2.05) is 6.07 Å². The average Bonchev–Trinajstić information content (AvgIpc) is 2.84. The van der Waals surface area contributed by atoms with Crippen LogP contribution in [-0.4, -0.2) is 30.6 Å². The van der Waals surface area contributed by atoms with E-state index in [1.54, 1.807) is 12.1 Å². The Morgan fingerprint density at radius 3 is 3.11 bits per heavy atom. The fraction of sp³-hybridized carbons (Fsp3) is 0.500. The molecule has 0 amide bonds. The van der Waals surface area contributed by atoms with Crippen molar-refractivity contribution in [2.45, 2.75) is 25.8 Å². The van der Waals surface area contributed by atoms with Gasteiger partial charge < -0.3 is 5.32 Å². The summed E-state index contributed by atoms with van der Waals surface area (Å²) in [6.45, 7) is 5.35. The van der Waals surface area contributed by atoms with Gasteiger partial charge in [0.15, 0.2) is 0 Å². The van der Waals surface area contributed by atoms with Gasteiger partial charge in [-0.2, -0.15) is 5.26 Å². The number of hydrogen-bond acceptors (Lipinski definition) is 3. The van der Waals surface area contributed by atoms with Gasteiger partial charge in [0.1, 0.15) is 6.07 Å². The van der Waals surface area contributed by atoms with E-state index in [0.29, 0.717) is 16.6 Å². The highest BCUT2D eigenvalue weighted by Gasteiger charge is 2.22. The standard InChI is InChI=1S/C14H18ClN3/c1-2-18-7-3-4-13(18)10-17-14-8-12(15)6-5-11(14)9-16/h5-6,8,13,17H,2-4,7,10H2,1H3. The fourth-order valence-electron chi connectivity index (χ4n) is 2.53. The van der Waals surface area contributed by atoms with Gasteiger partial charge in [-0.25, -0.2) is 0 Å². The van der Waals surface area contributed by atoms with Gasteiger partial charge >= 0.3 is 0 Å². The molecule has 1 aliphatic heterocycles. The molecule has 1 N–H and O–H groups in total. The van der Waals surface area contributed by atoms with Gasteiger partial charge in [0.05, 0.1) is 11.3 Å². The Hall–Kier alpha value is -1.24. The maximum atomic E-state index is 9.06. The molecule has 1 aromatic carbocycles. The molecule has 1 atom stereocenters. The zero-order valence-electron chi connectivity index (χ0n) is 10.6. The highest BCUT2D eigenvalue weighted by atomic mass is 35.5. The molecule has 1 heterocycles. The summed E-state index contributed by atoms with van der Waals surface area (Å²) in [6, 6.07) is 8.09. The molecule has 1 aromatic rings. The Labute approximate surface area is 113 Å². The van der Waals surface area contributed by atoms with Gasteiger partial charge in [0, 0.05) is 17.6 Å². The van der Waals surface area contributed by atoms with Crippen LogP contribution in [0.2, 0.25) is 5.02 Å². The first-order valence-electron chi connectivity index (χ1n) is 6.42. The summed E-state index contributed by atoms with van der Waals surface area (Å²) in [6.07, 6.45) is 2.49. The lowest BCUT2D eigenvalue weighted by molar-refractivity contribution is 0.277. The first-order chi connectivity index (χ1) is 8.74. The minimum Gasteiger partial charge on any atom is -0.382 e.